The molecule has 0 atom stereocenters. The van der Waals surface area contributed by atoms with Crippen LogP contribution in [0.5, 0.6) is 0 Å². The summed E-state index contributed by atoms with van der Waals surface area (Å²) >= 11 is 6.22. The van der Waals surface area contributed by atoms with E-state index in [0.29, 0.717) is 13.1 Å². The average molecular weight is 333 g/mol. The molecule has 0 aliphatic carbocycles. The van der Waals surface area contributed by atoms with Gasteiger partial charge in [-0.3, -0.25) is 0 Å². The number of nitrogens with zero attached hydrogens (tertiary/aromatic N) is 1. The molecule has 1 amide bonds. The fourth-order valence-corrected chi connectivity index (χ4v) is 3.02. The van der Waals surface area contributed by atoms with Crippen molar-refractivity contribution in [3.8, 4) is 0 Å². The summed E-state index contributed by atoms with van der Waals surface area (Å²) in [5.41, 5.74) is 2.89. The Morgan fingerprint density at radius 1 is 1.35 bits per heavy atom. The summed E-state index contributed by atoms with van der Waals surface area (Å²) < 4.78 is 5.42. The Balaban J connectivity index is 1.79. The lowest BCUT2D eigenvalue weighted by Gasteiger charge is -2.29. The highest BCUT2D eigenvalue weighted by molar-refractivity contribution is 6.35. The zero-order valence-electron chi connectivity index (χ0n) is 13.6. The Morgan fingerprint density at radius 2 is 2.13 bits per heavy atom. The molecule has 1 aromatic carbocycles. The summed E-state index contributed by atoms with van der Waals surface area (Å²) in [5, 5.41) is 1.84. The number of aromatic nitrogens is 1. The predicted molar refractivity (Wildman–Crippen MR) is 93.7 cm³/mol. The number of amides is 1. The van der Waals surface area contributed by atoms with Crippen molar-refractivity contribution in [2.24, 2.45) is 0 Å². The maximum absolute atomic E-state index is 12.1. The van der Waals surface area contributed by atoms with Gasteiger partial charge in [-0.05, 0) is 38.8 Å². The van der Waals surface area contributed by atoms with Crippen LogP contribution in [0.25, 0.3) is 16.5 Å². The van der Waals surface area contributed by atoms with E-state index in [0.717, 1.165) is 27.9 Å². The van der Waals surface area contributed by atoms with Gasteiger partial charge in [-0.2, -0.15) is 0 Å². The van der Waals surface area contributed by atoms with Crippen molar-refractivity contribution < 1.29 is 9.53 Å². The van der Waals surface area contributed by atoms with Crippen LogP contribution >= 0.6 is 11.6 Å². The molecule has 23 heavy (non-hydrogen) atoms. The maximum Gasteiger partial charge on any atom is 0.410 e. The van der Waals surface area contributed by atoms with E-state index in [1.165, 1.54) is 5.57 Å². The van der Waals surface area contributed by atoms with Crippen molar-refractivity contribution in [2.45, 2.75) is 32.8 Å². The highest BCUT2D eigenvalue weighted by Gasteiger charge is 2.24. The summed E-state index contributed by atoms with van der Waals surface area (Å²) in [6, 6.07) is 5.90. The van der Waals surface area contributed by atoms with Gasteiger partial charge in [-0.1, -0.05) is 29.8 Å². The van der Waals surface area contributed by atoms with E-state index in [2.05, 4.69) is 17.1 Å². The normalized spacial score (nSPS) is 15.7. The Labute approximate surface area is 141 Å². The Morgan fingerprint density at radius 3 is 2.78 bits per heavy atom. The van der Waals surface area contributed by atoms with Crippen molar-refractivity contribution in [1.82, 2.24) is 9.88 Å². The van der Waals surface area contributed by atoms with Gasteiger partial charge >= 0.3 is 6.09 Å². The van der Waals surface area contributed by atoms with Crippen LogP contribution in [-0.2, 0) is 4.74 Å². The van der Waals surface area contributed by atoms with Crippen LogP contribution in [0.3, 0.4) is 0 Å². The number of benzene rings is 1. The molecule has 0 radical (unpaired) electrons. The number of aromatic amines is 1. The number of halogens is 1. The van der Waals surface area contributed by atoms with Crippen LogP contribution in [0.2, 0.25) is 5.02 Å². The molecule has 0 saturated carbocycles. The first-order valence-electron chi connectivity index (χ1n) is 7.78. The lowest BCUT2D eigenvalue weighted by atomic mass is 9.99. The van der Waals surface area contributed by atoms with E-state index in [1.807, 2.05) is 39.1 Å². The van der Waals surface area contributed by atoms with Crippen molar-refractivity contribution in [3.63, 3.8) is 0 Å². The lowest BCUT2D eigenvalue weighted by molar-refractivity contribution is 0.0270. The largest absolute Gasteiger partial charge is 0.444 e. The number of fused-ring (bicyclic) bond motifs is 1. The molecule has 3 rings (SSSR count). The van der Waals surface area contributed by atoms with Crippen LogP contribution in [0.15, 0.2) is 30.5 Å². The zero-order chi connectivity index (χ0) is 16.6. The summed E-state index contributed by atoms with van der Waals surface area (Å²) in [7, 11) is 0. The third-order valence-corrected chi connectivity index (χ3v) is 4.19. The highest BCUT2D eigenvalue weighted by Crippen LogP contribution is 2.32. The van der Waals surface area contributed by atoms with Crippen molar-refractivity contribution >= 4 is 34.2 Å². The monoisotopic (exact) mass is 332 g/mol. The number of carbonyl (C=O) groups excluding carboxylic acids is 1. The number of hydrogen-bond acceptors (Lipinski definition) is 2. The van der Waals surface area contributed by atoms with Crippen LogP contribution in [-0.4, -0.2) is 34.7 Å². The molecule has 0 spiro atoms. The molecule has 1 aliphatic heterocycles. The number of para-hydroxylation sites is 1. The third kappa shape index (κ3) is 3.37. The zero-order valence-corrected chi connectivity index (χ0v) is 14.4. The molecule has 1 N–H and O–H groups in total. The molecule has 2 heterocycles. The predicted octanol–water partition coefficient (Wildman–Crippen LogP) is 4.85. The van der Waals surface area contributed by atoms with Gasteiger partial charge in [0.15, 0.2) is 0 Å². The van der Waals surface area contributed by atoms with Crippen LogP contribution < -0.4 is 0 Å². The summed E-state index contributed by atoms with van der Waals surface area (Å²) in [4.78, 5) is 17.1. The van der Waals surface area contributed by atoms with Gasteiger partial charge in [-0.15, -0.1) is 0 Å². The minimum atomic E-state index is -0.464. The van der Waals surface area contributed by atoms with E-state index in [9.17, 15) is 4.79 Å². The molecule has 5 heteroatoms. The first-order valence-corrected chi connectivity index (χ1v) is 8.16. The van der Waals surface area contributed by atoms with Crippen LogP contribution in [0.1, 0.15) is 32.8 Å². The molecule has 2 aromatic rings. The first kappa shape index (κ1) is 15.9. The van der Waals surface area contributed by atoms with Gasteiger partial charge in [0.2, 0.25) is 0 Å². The van der Waals surface area contributed by atoms with E-state index in [-0.39, 0.29) is 6.09 Å². The number of hydrogen-bond donors (Lipinski definition) is 1. The molecule has 0 bridgehead atoms. The van der Waals surface area contributed by atoms with E-state index < -0.39 is 5.60 Å². The van der Waals surface area contributed by atoms with Gasteiger partial charge in [0.25, 0.3) is 0 Å². The minimum Gasteiger partial charge on any atom is -0.444 e. The van der Waals surface area contributed by atoms with Crippen LogP contribution in [0, 0.1) is 0 Å². The third-order valence-electron chi connectivity index (χ3n) is 3.87. The fraction of sp³-hybridized carbons (Fsp3) is 0.389. The number of ether oxygens (including phenoxy) is 1. The summed E-state index contributed by atoms with van der Waals surface area (Å²) in [5.74, 6) is 0. The minimum absolute atomic E-state index is 0.255. The van der Waals surface area contributed by atoms with Gasteiger partial charge in [0, 0.05) is 30.2 Å². The maximum atomic E-state index is 12.1. The van der Waals surface area contributed by atoms with Crippen LogP contribution in [0.4, 0.5) is 4.79 Å². The second-order valence-corrected chi connectivity index (χ2v) is 7.18. The fourth-order valence-electron chi connectivity index (χ4n) is 2.79. The average Bonchev–Trinajstić information content (AvgIpc) is 2.91. The molecule has 1 aromatic heterocycles. The molecule has 0 fully saturated rings. The van der Waals surface area contributed by atoms with Crippen molar-refractivity contribution in [3.05, 3.63) is 41.1 Å². The van der Waals surface area contributed by atoms with E-state index in [4.69, 9.17) is 16.3 Å². The van der Waals surface area contributed by atoms with Gasteiger partial charge in [0.1, 0.15) is 5.60 Å². The van der Waals surface area contributed by atoms with Crippen molar-refractivity contribution in [2.75, 3.05) is 13.1 Å². The Hall–Kier alpha value is -1.94. The second-order valence-electron chi connectivity index (χ2n) is 6.77. The molecule has 0 unspecified atom stereocenters. The highest BCUT2D eigenvalue weighted by atomic mass is 35.5. The number of carbonyl (C=O) groups is 1. The Kier molecular flexibility index (Phi) is 4.11. The molecular weight excluding hydrogens is 312 g/mol. The summed E-state index contributed by atoms with van der Waals surface area (Å²) in [6.45, 7) is 6.87. The standard InChI is InChI=1S/C18H21ClN2O2/c1-18(2,3)23-17(22)21-9-7-12(8-10-21)14-11-20-16-13(14)5-4-6-15(16)19/h4-7,11,20H,8-10H2,1-3H3. The van der Waals surface area contributed by atoms with Gasteiger partial charge in [-0.25, -0.2) is 4.79 Å². The first-order chi connectivity index (χ1) is 10.8. The molecule has 4 nitrogen and oxygen atoms in total. The van der Waals surface area contributed by atoms with Crippen molar-refractivity contribution in [1.29, 1.82) is 0 Å². The Bertz CT molecular complexity index is 771. The smallest absolute Gasteiger partial charge is 0.410 e. The molecule has 1 aliphatic rings. The molecule has 0 saturated heterocycles. The second kappa shape index (κ2) is 5.93. The van der Waals surface area contributed by atoms with E-state index >= 15 is 0 Å². The SMILES string of the molecule is CC(C)(C)OC(=O)N1CC=C(c2c[nH]c3c(Cl)cccc23)CC1. The van der Waals surface area contributed by atoms with Gasteiger partial charge < -0.3 is 14.6 Å². The van der Waals surface area contributed by atoms with E-state index in [1.54, 1.807) is 4.90 Å². The molecule has 122 valence electrons. The number of nitrogens with one attached hydrogen (secondary N) is 1. The number of H-pyrrole nitrogens is 1. The number of rotatable bonds is 1. The van der Waals surface area contributed by atoms with Gasteiger partial charge in [0.05, 0.1) is 10.5 Å². The quantitative estimate of drug-likeness (QED) is 0.811. The topological polar surface area (TPSA) is 45.3 Å². The lowest BCUT2D eigenvalue weighted by Crippen LogP contribution is -2.39. The molecular formula is C18H21ClN2O2. The summed E-state index contributed by atoms with van der Waals surface area (Å²) in [6.07, 6.45) is 4.64.